The van der Waals surface area contributed by atoms with E-state index in [0.29, 0.717) is 129 Å². The van der Waals surface area contributed by atoms with Crippen LogP contribution in [-0.4, -0.2) is 190 Å². The molecule has 22 nitrogen and oxygen atoms in total. The number of rotatable bonds is 22. The number of fused-ring (bicyclic) bond motifs is 10. The first-order chi connectivity index (χ1) is 54.9. The van der Waals surface area contributed by atoms with Gasteiger partial charge in [0.05, 0.1) is 33.8 Å². The largest absolute Gasteiger partial charge is 0.467 e. The number of nitrogens with zero attached hydrogens (tertiary/aromatic N) is 13. The first-order valence-corrected chi connectivity index (χ1v) is 46.9. The van der Waals surface area contributed by atoms with Crippen molar-refractivity contribution in [2.24, 2.45) is 19.5 Å². The number of hydrogen-bond acceptors (Lipinski definition) is 19. The third kappa shape index (κ3) is 14.0. The number of aromatic nitrogens is 8. The molecule has 4 bridgehead atoms. The van der Waals surface area contributed by atoms with E-state index >= 15 is 13.6 Å². The zero-order valence-electron chi connectivity index (χ0n) is 70.9. The van der Waals surface area contributed by atoms with Gasteiger partial charge in [0.15, 0.2) is 29.7 Å². The van der Waals surface area contributed by atoms with Crippen LogP contribution in [-0.2, 0) is 18.8 Å². The molecule has 4 unspecified atom stereocenters. The fourth-order valence-electron chi connectivity index (χ4n) is 22.6. The Morgan fingerprint density at radius 3 is 1.45 bits per heavy atom. The Morgan fingerprint density at radius 1 is 0.565 bits per heavy atom. The molecule has 26 heteroatoms. The highest BCUT2D eigenvalue weighted by Gasteiger charge is 2.61. The third-order valence-corrected chi connectivity index (χ3v) is 41.0. The standard InChI is InChI=1S/C89H118F2N14O8Si2/c1-54(2)114(55(3)4,56(5)6)41-30-67-69(90)27-23-60-43-65(110-53-107-18)45-71(73(60)67)112-84-96-78-76(100(84)17)80(98-82(94-78)109-52-88-34-21-39-104(88)40-22-35-88)102-49-64-29-36-89(50-102,86(13,14)15)105(64)85(106)111-66-44-61-24-28-70(91)68(31-42-115(57(7)8,58(9)10)59(11)12)74(61)72(46-66)113-83-95-77-75(99(83)16)79(101-47-62-25-26-63(48-101)92-62)97-81(93-77)108-51-87-32-19-37-103(87)38-20-33-87/h23-24,27-28,43-46,54-59,62-64,92H,19-22,25-26,29,32-40,47-53H2,1-18H3. The average molecular weight is 1610 g/mol. The Kier molecular flexibility index (Phi) is 21.6. The Labute approximate surface area is 678 Å². The Balaban J connectivity index is 0.781. The van der Waals surface area contributed by atoms with Gasteiger partial charge in [-0.25, -0.2) is 13.6 Å². The fraction of sp³-hybridized carbons (Fsp3) is 0.607. The van der Waals surface area contributed by atoms with Crippen LogP contribution in [0, 0.1) is 40.0 Å². The van der Waals surface area contributed by atoms with Gasteiger partial charge in [-0.05, 0) is 177 Å². The van der Waals surface area contributed by atoms with Gasteiger partial charge >= 0.3 is 30.1 Å². The van der Waals surface area contributed by atoms with Crippen molar-refractivity contribution < 1.29 is 46.7 Å². The lowest BCUT2D eigenvalue weighted by molar-refractivity contribution is 0.00845. The second-order valence-corrected chi connectivity index (χ2v) is 48.6. The van der Waals surface area contributed by atoms with Crippen LogP contribution in [0.25, 0.3) is 43.9 Å². The summed E-state index contributed by atoms with van der Waals surface area (Å²) in [6, 6.07) is 14.5. The topological polar surface area (TPSA) is 197 Å². The van der Waals surface area contributed by atoms with Crippen LogP contribution in [0.15, 0.2) is 48.5 Å². The van der Waals surface area contributed by atoms with Gasteiger partial charge in [0.1, 0.15) is 75.0 Å². The minimum Gasteiger partial charge on any atom is -0.467 e. The second kappa shape index (κ2) is 30.8. The van der Waals surface area contributed by atoms with Crippen molar-refractivity contribution in [3.05, 3.63) is 71.3 Å². The number of hydrogen-bond donors (Lipinski definition) is 1. The van der Waals surface area contributed by atoms with Crippen molar-refractivity contribution in [2.75, 3.05) is 89.3 Å². The molecule has 8 fully saturated rings. The molecule has 8 saturated heterocycles. The monoisotopic (exact) mass is 1600 g/mol. The van der Waals surface area contributed by atoms with E-state index in [1.807, 2.05) is 34.2 Å². The summed E-state index contributed by atoms with van der Waals surface area (Å²) < 4.78 is 84.2. The number of piperazine rings is 2. The number of carbonyl (C=O) groups excluding carboxylic acids is 1. The Morgan fingerprint density at radius 2 is 1.01 bits per heavy atom. The maximum absolute atomic E-state index is 17.3. The van der Waals surface area contributed by atoms with Crippen molar-refractivity contribution in [2.45, 2.75) is 249 Å². The molecule has 0 radical (unpaired) electrons. The predicted octanol–water partition coefficient (Wildman–Crippen LogP) is 17.6. The Bertz CT molecular complexity index is 5140. The molecule has 1 amide bonds. The molecule has 115 heavy (non-hydrogen) atoms. The molecule has 12 heterocycles. The SMILES string of the molecule is COCOc1cc(Oc2nc3nc(OCC45CCCN4CCC5)nc(N4CC5CCC(C(C)(C)C)(C4)N5C(=O)Oc4cc(Oc5nc6nc(OCC78CCCN7CCC8)nc(N7CC8CCC(C7)N8)c6n5C)c5c(C#C[Si](C(C)C)(C(C)C)C(C)C)c(F)ccc5c4)c3n2C)c2c(C#C[Si](C(C)C)(C(C)C)C(C)C)c(F)ccc2c1. The number of carbonyl (C=O) groups is 1. The molecule has 4 aromatic carbocycles. The average Bonchev–Trinajstić information content (AvgIpc) is 1.16. The molecule has 1 N–H and O–H groups in total. The first kappa shape index (κ1) is 80.4. The molecule has 16 rings (SSSR count). The van der Waals surface area contributed by atoms with Crippen LogP contribution >= 0.6 is 0 Å². The van der Waals surface area contributed by atoms with E-state index in [4.69, 9.17) is 63.1 Å². The van der Waals surface area contributed by atoms with E-state index in [1.165, 1.54) is 12.1 Å². The smallest absolute Gasteiger partial charge is 0.416 e. The van der Waals surface area contributed by atoms with E-state index in [-0.39, 0.29) is 93.0 Å². The third-order valence-electron chi connectivity index (χ3n) is 28.4. The highest BCUT2D eigenvalue weighted by Crippen LogP contribution is 2.53. The lowest BCUT2D eigenvalue weighted by atomic mass is 9.71. The van der Waals surface area contributed by atoms with Crippen LogP contribution in [0.5, 0.6) is 47.0 Å². The van der Waals surface area contributed by atoms with E-state index in [1.54, 1.807) is 37.4 Å². The highest BCUT2D eigenvalue weighted by molar-refractivity contribution is 6.91. The predicted molar refractivity (Wildman–Crippen MR) is 453 cm³/mol. The van der Waals surface area contributed by atoms with E-state index in [2.05, 4.69) is 152 Å². The molecule has 0 aliphatic carbocycles. The molecule has 8 aromatic rings. The van der Waals surface area contributed by atoms with Crippen molar-refractivity contribution in [1.82, 2.24) is 59.1 Å². The molecule has 0 saturated carbocycles. The summed E-state index contributed by atoms with van der Waals surface area (Å²) in [4.78, 5) is 59.1. The summed E-state index contributed by atoms with van der Waals surface area (Å²) in [5, 5.41) is 5.94. The van der Waals surface area contributed by atoms with Crippen molar-refractivity contribution in [1.29, 1.82) is 0 Å². The number of nitrogens with one attached hydrogen (secondary N) is 1. The van der Waals surface area contributed by atoms with Gasteiger partial charge in [0.25, 0.3) is 0 Å². The molecule has 4 atom stereocenters. The zero-order chi connectivity index (χ0) is 81.2. The molecule has 614 valence electrons. The van der Waals surface area contributed by atoms with E-state index in [0.717, 1.165) is 103 Å². The minimum atomic E-state index is -2.44. The highest BCUT2D eigenvalue weighted by atomic mass is 28.3. The number of amides is 1. The van der Waals surface area contributed by atoms with Crippen LogP contribution in [0.2, 0.25) is 33.2 Å². The lowest BCUT2D eigenvalue weighted by Gasteiger charge is -2.54. The van der Waals surface area contributed by atoms with Crippen LogP contribution in [0.4, 0.5) is 25.2 Å². The summed E-state index contributed by atoms with van der Waals surface area (Å²) >= 11 is 0. The lowest BCUT2D eigenvalue weighted by Crippen LogP contribution is -2.68. The van der Waals surface area contributed by atoms with Crippen LogP contribution in [0.1, 0.15) is 192 Å². The number of halogens is 2. The number of methoxy groups -OCH3 is 1. The Hall–Kier alpha value is -8.38. The number of anilines is 2. The number of ether oxygens (including phenoxy) is 7. The van der Waals surface area contributed by atoms with Crippen LogP contribution in [0.3, 0.4) is 0 Å². The quantitative estimate of drug-likeness (QED) is 0.0381. The molecular weight excluding hydrogens is 1490 g/mol. The number of imidazole rings is 2. The summed E-state index contributed by atoms with van der Waals surface area (Å²) in [5.41, 5.74) is 10.2. The van der Waals surface area contributed by atoms with Gasteiger partial charge in [-0.1, -0.05) is 128 Å². The molecule has 8 aliphatic rings. The van der Waals surface area contributed by atoms with Crippen molar-refractivity contribution in [3.8, 4) is 70.0 Å². The maximum Gasteiger partial charge on any atom is 0.416 e. The maximum atomic E-state index is 17.3. The van der Waals surface area contributed by atoms with Gasteiger partial charge in [-0.15, -0.1) is 11.1 Å². The van der Waals surface area contributed by atoms with Crippen molar-refractivity contribution >= 4 is 77.7 Å². The molecule has 0 spiro atoms. The zero-order valence-corrected chi connectivity index (χ0v) is 72.9. The van der Waals surface area contributed by atoms with Gasteiger partial charge in [-0.2, -0.15) is 29.9 Å². The normalized spacial score (nSPS) is 21.5. The number of aryl methyl sites for hydroxylation is 2. The summed E-state index contributed by atoms with van der Waals surface area (Å²) in [6.07, 6.45) is 11.6. The molecule has 4 aromatic heterocycles. The van der Waals surface area contributed by atoms with Gasteiger partial charge < -0.3 is 48.3 Å². The molecular formula is C89H118F2N14O8Si2. The fourth-order valence-corrected chi connectivity index (χ4v) is 33.0. The van der Waals surface area contributed by atoms with Crippen molar-refractivity contribution in [3.63, 3.8) is 0 Å². The number of benzene rings is 4. The summed E-state index contributed by atoms with van der Waals surface area (Å²) in [7, 11) is 0.551. The molecule has 8 aliphatic heterocycles. The minimum absolute atomic E-state index is 0.0350. The van der Waals surface area contributed by atoms with Crippen LogP contribution < -0.4 is 43.5 Å². The van der Waals surface area contributed by atoms with Gasteiger partial charge in [-0.3, -0.25) is 23.8 Å². The second-order valence-electron chi connectivity index (χ2n) is 37.4. The van der Waals surface area contributed by atoms with Gasteiger partial charge in [0, 0.05) is 82.4 Å². The first-order valence-electron chi connectivity index (χ1n) is 42.5. The summed E-state index contributed by atoms with van der Waals surface area (Å²) in [5.74, 6) is 8.42. The van der Waals surface area contributed by atoms with E-state index in [9.17, 15) is 0 Å². The summed E-state index contributed by atoms with van der Waals surface area (Å²) in [6.45, 7) is 40.8. The van der Waals surface area contributed by atoms with Gasteiger partial charge in [0.2, 0.25) is 0 Å². The van der Waals surface area contributed by atoms with E-state index < -0.39 is 44.8 Å².